The summed E-state index contributed by atoms with van der Waals surface area (Å²) in [5.41, 5.74) is 2.48. The van der Waals surface area contributed by atoms with Crippen LogP contribution in [-0.4, -0.2) is 20.4 Å². The minimum Gasteiger partial charge on any atom is -0.496 e. The fourth-order valence-corrected chi connectivity index (χ4v) is 1.86. The molecule has 82 valence electrons. The Kier molecular flexibility index (Phi) is 3.23. The smallest absolute Gasteiger partial charge is 0.124 e. The van der Waals surface area contributed by atoms with E-state index in [-0.39, 0.29) is 6.10 Å². The van der Waals surface area contributed by atoms with E-state index in [1.165, 1.54) is 5.56 Å². The van der Waals surface area contributed by atoms with E-state index >= 15 is 0 Å². The first kappa shape index (κ1) is 10.5. The first-order valence-electron chi connectivity index (χ1n) is 5.34. The lowest BCUT2D eigenvalue weighted by Crippen LogP contribution is -2.09. The molecule has 0 spiro atoms. The van der Waals surface area contributed by atoms with Crippen LogP contribution in [0.2, 0.25) is 0 Å². The van der Waals surface area contributed by atoms with Crippen LogP contribution in [-0.2, 0) is 11.2 Å². The van der Waals surface area contributed by atoms with Gasteiger partial charge in [0.15, 0.2) is 0 Å². The molecule has 1 atom stereocenters. The van der Waals surface area contributed by atoms with Gasteiger partial charge in [-0.15, -0.1) is 0 Å². The summed E-state index contributed by atoms with van der Waals surface area (Å²) in [6.45, 7) is 3.65. The van der Waals surface area contributed by atoms with Gasteiger partial charge < -0.3 is 9.47 Å². The van der Waals surface area contributed by atoms with Gasteiger partial charge in [-0.25, -0.2) is 0 Å². The van der Waals surface area contributed by atoms with Crippen molar-refractivity contribution in [3.63, 3.8) is 0 Å². The van der Waals surface area contributed by atoms with Gasteiger partial charge in [-0.05, 0) is 24.1 Å². The van der Waals surface area contributed by atoms with Gasteiger partial charge in [0, 0.05) is 12.1 Å². The van der Waals surface area contributed by atoms with Gasteiger partial charge in [-0.3, -0.25) is 5.32 Å². The van der Waals surface area contributed by atoms with Crippen molar-refractivity contribution in [1.29, 1.82) is 0 Å². The van der Waals surface area contributed by atoms with Crippen molar-refractivity contribution in [1.82, 2.24) is 5.32 Å². The van der Waals surface area contributed by atoms with Crippen LogP contribution in [0.1, 0.15) is 24.2 Å². The molecule has 1 aromatic rings. The zero-order valence-corrected chi connectivity index (χ0v) is 9.25. The second-order valence-electron chi connectivity index (χ2n) is 3.68. The summed E-state index contributed by atoms with van der Waals surface area (Å²) in [6, 6.07) is 6.30. The number of rotatable bonds is 3. The summed E-state index contributed by atoms with van der Waals surface area (Å²) in [5.74, 6) is 0.918. The van der Waals surface area contributed by atoms with Crippen LogP contribution in [0.15, 0.2) is 18.2 Å². The van der Waals surface area contributed by atoms with E-state index in [1.54, 1.807) is 7.11 Å². The van der Waals surface area contributed by atoms with Crippen LogP contribution in [0.4, 0.5) is 0 Å². The predicted molar refractivity (Wildman–Crippen MR) is 59.1 cm³/mol. The molecular weight excluding hydrogens is 190 g/mol. The maximum absolute atomic E-state index is 5.59. The van der Waals surface area contributed by atoms with Gasteiger partial charge in [-0.1, -0.05) is 13.0 Å². The third-order valence-electron chi connectivity index (χ3n) is 2.77. The molecule has 1 heterocycles. The van der Waals surface area contributed by atoms with Gasteiger partial charge in [0.1, 0.15) is 11.9 Å². The van der Waals surface area contributed by atoms with E-state index in [9.17, 15) is 0 Å². The van der Waals surface area contributed by atoms with Gasteiger partial charge in [0.25, 0.3) is 0 Å². The molecule has 1 saturated heterocycles. The summed E-state index contributed by atoms with van der Waals surface area (Å²) in [4.78, 5) is 0. The highest BCUT2D eigenvalue weighted by atomic mass is 16.5. The van der Waals surface area contributed by atoms with Crippen LogP contribution in [0, 0.1) is 0 Å². The van der Waals surface area contributed by atoms with Gasteiger partial charge in [0.2, 0.25) is 0 Å². The SMILES string of the molecule is CCc1ccc(OC)c(C2CNCO2)c1. The topological polar surface area (TPSA) is 30.5 Å². The largest absolute Gasteiger partial charge is 0.496 e. The molecule has 0 radical (unpaired) electrons. The summed E-state index contributed by atoms with van der Waals surface area (Å²) in [7, 11) is 1.70. The standard InChI is InChI=1S/C12H17NO2/c1-3-9-4-5-11(14-2)10(6-9)12-7-13-8-15-12/h4-6,12-13H,3,7-8H2,1-2H3. The Morgan fingerprint density at radius 1 is 1.53 bits per heavy atom. The number of hydrogen-bond donors (Lipinski definition) is 1. The Morgan fingerprint density at radius 2 is 2.40 bits per heavy atom. The normalized spacial score (nSPS) is 20.5. The van der Waals surface area contributed by atoms with Crippen molar-refractivity contribution in [2.24, 2.45) is 0 Å². The second kappa shape index (κ2) is 4.64. The molecule has 0 saturated carbocycles. The molecule has 1 fully saturated rings. The molecule has 1 unspecified atom stereocenters. The minimum atomic E-state index is 0.131. The highest BCUT2D eigenvalue weighted by molar-refractivity contribution is 5.39. The number of ether oxygens (including phenoxy) is 2. The predicted octanol–water partition coefficient (Wildman–Crippen LogP) is 1.88. The van der Waals surface area contributed by atoms with Crippen LogP contribution in [0.3, 0.4) is 0 Å². The Labute approximate surface area is 90.4 Å². The Balaban J connectivity index is 2.32. The van der Waals surface area contributed by atoms with Crippen molar-refractivity contribution in [2.45, 2.75) is 19.4 Å². The monoisotopic (exact) mass is 207 g/mol. The first-order chi connectivity index (χ1) is 7.35. The Bertz CT molecular complexity index is 332. The number of nitrogens with one attached hydrogen (secondary N) is 1. The highest BCUT2D eigenvalue weighted by Crippen LogP contribution is 2.30. The summed E-state index contributed by atoms with van der Waals surface area (Å²) in [6.07, 6.45) is 1.17. The summed E-state index contributed by atoms with van der Waals surface area (Å²) >= 11 is 0. The molecule has 1 N–H and O–H groups in total. The average molecular weight is 207 g/mol. The van der Waals surface area contributed by atoms with Crippen molar-refractivity contribution in [2.75, 3.05) is 20.4 Å². The van der Waals surface area contributed by atoms with Crippen LogP contribution in [0.25, 0.3) is 0 Å². The fraction of sp³-hybridized carbons (Fsp3) is 0.500. The van der Waals surface area contributed by atoms with E-state index in [0.717, 1.165) is 24.3 Å². The molecule has 2 rings (SSSR count). The minimum absolute atomic E-state index is 0.131. The lowest BCUT2D eigenvalue weighted by Gasteiger charge is -2.14. The molecule has 0 amide bonds. The summed E-state index contributed by atoms with van der Waals surface area (Å²) in [5, 5.41) is 3.18. The number of aryl methyl sites for hydroxylation is 1. The second-order valence-corrected chi connectivity index (χ2v) is 3.68. The van der Waals surface area contributed by atoms with Crippen molar-refractivity contribution >= 4 is 0 Å². The molecule has 0 bridgehead atoms. The van der Waals surface area contributed by atoms with Gasteiger partial charge >= 0.3 is 0 Å². The molecule has 1 aromatic carbocycles. The molecular formula is C12H17NO2. The molecule has 3 heteroatoms. The number of hydrogen-bond acceptors (Lipinski definition) is 3. The summed E-state index contributed by atoms with van der Waals surface area (Å²) < 4.78 is 10.9. The molecule has 1 aliphatic heterocycles. The molecule has 0 aliphatic carbocycles. The Morgan fingerprint density at radius 3 is 3.00 bits per heavy atom. The highest BCUT2D eigenvalue weighted by Gasteiger charge is 2.20. The van der Waals surface area contributed by atoms with E-state index in [1.807, 2.05) is 6.07 Å². The maximum Gasteiger partial charge on any atom is 0.124 e. The van der Waals surface area contributed by atoms with Crippen LogP contribution in [0.5, 0.6) is 5.75 Å². The molecule has 1 aliphatic rings. The number of benzene rings is 1. The fourth-order valence-electron chi connectivity index (χ4n) is 1.86. The van der Waals surface area contributed by atoms with Gasteiger partial charge in [0.05, 0.1) is 13.8 Å². The zero-order chi connectivity index (χ0) is 10.7. The zero-order valence-electron chi connectivity index (χ0n) is 9.25. The van der Waals surface area contributed by atoms with Crippen LogP contribution >= 0.6 is 0 Å². The van der Waals surface area contributed by atoms with E-state index in [2.05, 4.69) is 24.4 Å². The molecule has 15 heavy (non-hydrogen) atoms. The van der Waals surface area contributed by atoms with E-state index in [4.69, 9.17) is 9.47 Å². The third-order valence-corrected chi connectivity index (χ3v) is 2.77. The van der Waals surface area contributed by atoms with Crippen molar-refractivity contribution in [3.05, 3.63) is 29.3 Å². The maximum atomic E-state index is 5.59. The molecule has 0 aromatic heterocycles. The number of methoxy groups -OCH3 is 1. The quantitative estimate of drug-likeness (QED) is 0.820. The van der Waals surface area contributed by atoms with Crippen LogP contribution < -0.4 is 10.1 Å². The van der Waals surface area contributed by atoms with Gasteiger partial charge in [-0.2, -0.15) is 0 Å². The average Bonchev–Trinajstić information content (AvgIpc) is 2.81. The third kappa shape index (κ3) is 2.13. The van der Waals surface area contributed by atoms with E-state index < -0.39 is 0 Å². The lowest BCUT2D eigenvalue weighted by molar-refractivity contribution is 0.112. The first-order valence-corrected chi connectivity index (χ1v) is 5.34. The van der Waals surface area contributed by atoms with Crippen molar-refractivity contribution in [3.8, 4) is 5.75 Å². The Hall–Kier alpha value is -1.06. The van der Waals surface area contributed by atoms with Crippen molar-refractivity contribution < 1.29 is 9.47 Å². The molecule has 3 nitrogen and oxygen atoms in total. The van der Waals surface area contributed by atoms with E-state index in [0.29, 0.717) is 6.73 Å². The lowest BCUT2D eigenvalue weighted by atomic mass is 10.0.